The van der Waals surface area contributed by atoms with Crippen LogP contribution in [0.1, 0.15) is 10.4 Å². The number of fused-ring (bicyclic) bond motifs is 1. The van der Waals surface area contributed by atoms with Crippen LogP contribution in [0.15, 0.2) is 46.8 Å². The Bertz CT molecular complexity index is 1000. The van der Waals surface area contributed by atoms with Gasteiger partial charge in [0.25, 0.3) is 5.91 Å². The summed E-state index contributed by atoms with van der Waals surface area (Å²) in [4.78, 5) is 19.7. The zero-order valence-electron chi connectivity index (χ0n) is 15.3. The van der Waals surface area contributed by atoms with Crippen molar-refractivity contribution in [1.29, 1.82) is 0 Å². The highest BCUT2D eigenvalue weighted by molar-refractivity contribution is 8.15. The first-order valence-electron chi connectivity index (χ1n) is 8.84. The number of methoxy groups -OCH3 is 1. The van der Waals surface area contributed by atoms with Crippen LogP contribution >= 0.6 is 23.1 Å². The minimum Gasteiger partial charge on any atom is -0.497 e. The summed E-state index contributed by atoms with van der Waals surface area (Å²) >= 11 is 2.94. The Hall–Kier alpha value is -1.84. The predicted octanol–water partition coefficient (Wildman–Crippen LogP) is 2.60. The molecule has 2 fully saturated rings. The zero-order valence-corrected chi connectivity index (χ0v) is 17.7. The van der Waals surface area contributed by atoms with E-state index in [0.717, 1.165) is 16.2 Å². The molecule has 28 heavy (non-hydrogen) atoms. The summed E-state index contributed by atoms with van der Waals surface area (Å²) < 4.78 is 29.5. The van der Waals surface area contributed by atoms with Gasteiger partial charge in [-0.1, -0.05) is 30.0 Å². The van der Waals surface area contributed by atoms with Crippen molar-refractivity contribution in [1.82, 2.24) is 4.90 Å². The molecule has 0 saturated carbocycles. The minimum absolute atomic E-state index is 0.0797. The molecule has 2 aliphatic heterocycles. The molecule has 1 amide bonds. The molecule has 2 saturated heterocycles. The van der Waals surface area contributed by atoms with Gasteiger partial charge in [-0.25, -0.2) is 8.42 Å². The molecule has 9 heteroatoms. The van der Waals surface area contributed by atoms with E-state index in [0.29, 0.717) is 11.7 Å². The van der Waals surface area contributed by atoms with Gasteiger partial charge in [0.15, 0.2) is 15.0 Å². The molecule has 148 valence electrons. The highest BCUT2D eigenvalue weighted by Gasteiger charge is 2.48. The average Bonchev–Trinajstić information content (AvgIpc) is 3.32. The van der Waals surface area contributed by atoms with Crippen LogP contribution in [0.4, 0.5) is 0 Å². The molecule has 1 aromatic heterocycles. The molecule has 0 bridgehead atoms. The van der Waals surface area contributed by atoms with Gasteiger partial charge in [0.2, 0.25) is 0 Å². The Labute approximate surface area is 172 Å². The number of hydrogen-bond acceptors (Lipinski definition) is 6. The summed E-state index contributed by atoms with van der Waals surface area (Å²) in [7, 11) is -1.45. The number of amides is 1. The molecule has 2 aliphatic rings. The monoisotopic (exact) mass is 436 g/mol. The van der Waals surface area contributed by atoms with Crippen molar-refractivity contribution in [2.75, 3.05) is 18.6 Å². The molecule has 2 aromatic rings. The molecule has 3 heterocycles. The van der Waals surface area contributed by atoms with Gasteiger partial charge in [0.05, 0.1) is 31.1 Å². The molecular weight excluding hydrogens is 416 g/mol. The molecule has 0 aliphatic carbocycles. The van der Waals surface area contributed by atoms with Crippen LogP contribution in [0.25, 0.3) is 0 Å². The fraction of sp³-hybridized carbons (Fsp3) is 0.368. The van der Waals surface area contributed by atoms with Gasteiger partial charge in [-0.15, -0.1) is 11.3 Å². The van der Waals surface area contributed by atoms with Crippen LogP contribution < -0.4 is 4.74 Å². The lowest BCUT2D eigenvalue weighted by Crippen LogP contribution is -2.37. The van der Waals surface area contributed by atoms with Gasteiger partial charge in [-0.3, -0.25) is 4.79 Å². The Kier molecular flexibility index (Phi) is 5.48. The fourth-order valence-corrected chi connectivity index (χ4v) is 8.16. The SMILES string of the molecule is COc1cccc(CN2C(=NC(=O)Cc3cccs3)S[C@@H]3CS(=O)(=O)C[C@@H]32)c1. The van der Waals surface area contributed by atoms with Crippen molar-refractivity contribution < 1.29 is 17.9 Å². The standard InChI is InChI=1S/C19H20N2O4S3/c1-25-14-5-2-4-13(8-14)10-21-16-11-28(23,24)12-17(16)27-19(21)20-18(22)9-15-6-3-7-26-15/h2-8,16-17H,9-12H2,1H3/t16-,17+/m0/s1. The van der Waals surface area contributed by atoms with Crippen molar-refractivity contribution >= 4 is 44.0 Å². The van der Waals surface area contributed by atoms with E-state index < -0.39 is 9.84 Å². The van der Waals surface area contributed by atoms with E-state index in [2.05, 4.69) is 4.99 Å². The van der Waals surface area contributed by atoms with Gasteiger partial charge in [-0.05, 0) is 29.1 Å². The highest BCUT2D eigenvalue weighted by Crippen LogP contribution is 2.39. The molecule has 1 aromatic carbocycles. The first kappa shape index (κ1) is 19.5. The van der Waals surface area contributed by atoms with Crippen molar-refractivity contribution in [2.45, 2.75) is 24.3 Å². The lowest BCUT2D eigenvalue weighted by Gasteiger charge is -2.24. The molecule has 2 atom stereocenters. The number of aliphatic imine (C=N–C) groups is 1. The van der Waals surface area contributed by atoms with E-state index >= 15 is 0 Å². The predicted molar refractivity (Wildman–Crippen MR) is 113 cm³/mol. The maximum atomic E-state index is 12.5. The van der Waals surface area contributed by atoms with Crippen LogP contribution in [0.5, 0.6) is 5.75 Å². The number of nitrogens with zero attached hydrogens (tertiary/aromatic N) is 2. The van der Waals surface area contributed by atoms with E-state index in [-0.39, 0.29) is 35.1 Å². The van der Waals surface area contributed by atoms with Gasteiger partial charge in [0, 0.05) is 16.7 Å². The number of hydrogen-bond donors (Lipinski definition) is 0. The third-order valence-corrected chi connectivity index (χ3v) is 8.91. The van der Waals surface area contributed by atoms with Gasteiger partial charge in [0.1, 0.15) is 5.75 Å². The lowest BCUT2D eigenvalue weighted by molar-refractivity contribution is -0.117. The molecule has 0 spiro atoms. The van der Waals surface area contributed by atoms with Gasteiger partial charge >= 0.3 is 0 Å². The molecular formula is C19H20N2O4S3. The molecule has 6 nitrogen and oxygen atoms in total. The third-order valence-electron chi connectivity index (χ3n) is 4.79. The van der Waals surface area contributed by atoms with Crippen LogP contribution in [0, 0.1) is 0 Å². The lowest BCUT2D eigenvalue weighted by atomic mass is 10.1. The number of carbonyl (C=O) groups excluding carboxylic acids is 1. The van der Waals surface area contributed by atoms with E-state index in [1.165, 1.54) is 23.1 Å². The number of ether oxygens (including phenoxy) is 1. The van der Waals surface area contributed by atoms with Crippen molar-refractivity contribution in [3.05, 3.63) is 52.2 Å². The molecule has 0 unspecified atom stereocenters. The normalized spacial score (nSPS) is 24.5. The van der Waals surface area contributed by atoms with Crippen molar-refractivity contribution in [2.24, 2.45) is 4.99 Å². The molecule has 4 rings (SSSR count). The summed E-state index contributed by atoms with van der Waals surface area (Å²) in [5, 5.41) is 2.47. The van der Waals surface area contributed by atoms with E-state index in [1.807, 2.05) is 46.7 Å². The number of rotatable bonds is 5. The third kappa shape index (κ3) is 4.26. The number of thioether (sulfide) groups is 1. The van der Waals surface area contributed by atoms with Crippen LogP contribution in [0.3, 0.4) is 0 Å². The first-order valence-corrected chi connectivity index (χ1v) is 12.4. The second kappa shape index (κ2) is 7.88. The maximum absolute atomic E-state index is 12.5. The summed E-state index contributed by atoms with van der Waals surface area (Å²) in [6, 6.07) is 11.3. The second-order valence-electron chi connectivity index (χ2n) is 6.82. The van der Waals surface area contributed by atoms with Crippen molar-refractivity contribution in [3.63, 3.8) is 0 Å². The number of sulfone groups is 1. The average molecular weight is 437 g/mol. The Balaban J connectivity index is 1.59. The van der Waals surface area contributed by atoms with Gasteiger partial charge < -0.3 is 9.64 Å². The van der Waals surface area contributed by atoms with E-state index in [4.69, 9.17) is 4.74 Å². The zero-order chi connectivity index (χ0) is 19.7. The van der Waals surface area contributed by atoms with Crippen molar-refractivity contribution in [3.8, 4) is 5.75 Å². The summed E-state index contributed by atoms with van der Waals surface area (Å²) in [6.07, 6.45) is 0.266. The van der Waals surface area contributed by atoms with Crippen LogP contribution in [0.2, 0.25) is 0 Å². The summed E-state index contributed by atoms with van der Waals surface area (Å²) in [5.41, 5.74) is 0.989. The molecule has 0 N–H and O–H groups in total. The number of carbonyl (C=O) groups is 1. The topological polar surface area (TPSA) is 76.0 Å². The highest BCUT2D eigenvalue weighted by atomic mass is 32.2. The Morgan fingerprint density at radius 1 is 1.29 bits per heavy atom. The molecule has 0 radical (unpaired) electrons. The van der Waals surface area contributed by atoms with Gasteiger partial charge in [-0.2, -0.15) is 4.99 Å². The second-order valence-corrected chi connectivity index (χ2v) is 11.2. The smallest absolute Gasteiger partial charge is 0.253 e. The number of amidine groups is 1. The van der Waals surface area contributed by atoms with Crippen LogP contribution in [-0.4, -0.2) is 54.3 Å². The summed E-state index contributed by atoms with van der Waals surface area (Å²) in [5.74, 6) is 0.776. The van der Waals surface area contributed by atoms with E-state index in [9.17, 15) is 13.2 Å². The van der Waals surface area contributed by atoms with Crippen LogP contribution in [-0.2, 0) is 27.6 Å². The minimum atomic E-state index is -3.06. The Morgan fingerprint density at radius 3 is 2.89 bits per heavy atom. The quantitative estimate of drug-likeness (QED) is 0.717. The Morgan fingerprint density at radius 2 is 2.14 bits per heavy atom. The first-order chi connectivity index (χ1) is 13.4. The number of benzene rings is 1. The van der Waals surface area contributed by atoms with E-state index in [1.54, 1.807) is 7.11 Å². The fourth-order valence-electron chi connectivity index (χ4n) is 3.50. The number of thiophene rings is 1. The maximum Gasteiger partial charge on any atom is 0.253 e. The summed E-state index contributed by atoms with van der Waals surface area (Å²) in [6.45, 7) is 0.492. The largest absolute Gasteiger partial charge is 0.497 e.